The van der Waals surface area contributed by atoms with Gasteiger partial charge in [0.15, 0.2) is 0 Å². The van der Waals surface area contributed by atoms with E-state index in [0.29, 0.717) is 0 Å². The summed E-state index contributed by atoms with van der Waals surface area (Å²) in [6, 6.07) is 2.38. The van der Waals surface area contributed by atoms with Gasteiger partial charge in [0.1, 0.15) is 0 Å². The fraction of sp³-hybridized carbons (Fsp3) is 0.400. The summed E-state index contributed by atoms with van der Waals surface area (Å²) >= 11 is 4.16. The molecule has 0 fully saturated rings. The summed E-state index contributed by atoms with van der Waals surface area (Å²) in [5.41, 5.74) is 7.45. The highest BCUT2D eigenvalue weighted by molar-refractivity contribution is 7.81. The van der Waals surface area contributed by atoms with Crippen LogP contribution in [0.2, 0.25) is 0 Å². The number of rotatable bonds is 1. The number of thiol groups is 1. The van der Waals surface area contributed by atoms with E-state index in [1.54, 1.807) is 11.1 Å². The molecule has 0 radical (unpaired) electrons. The fourth-order valence-corrected chi connectivity index (χ4v) is 2.48. The molecule has 12 heavy (non-hydrogen) atoms. The van der Waals surface area contributed by atoms with Crippen LogP contribution in [-0.4, -0.2) is 0 Å². The first-order chi connectivity index (χ1) is 5.90. The molecule has 0 bridgehead atoms. The van der Waals surface area contributed by atoms with Gasteiger partial charge in [-0.1, -0.05) is 18.9 Å². The summed E-state index contributed by atoms with van der Waals surface area (Å²) < 4.78 is 3.04. The normalized spacial score (nSPS) is 17.1. The minimum atomic E-state index is 1.24. The van der Waals surface area contributed by atoms with Gasteiger partial charge in [-0.3, -0.25) is 0 Å². The number of hydrogen-bond donors (Lipinski definition) is 2. The molecule has 1 N–H and O–H groups in total. The van der Waals surface area contributed by atoms with Crippen molar-refractivity contribution in [3.63, 3.8) is 0 Å². The van der Waals surface area contributed by atoms with E-state index >= 15 is 0 Å². The highest BCUT2D eigenvalue weighted by Gasteiger charge is 2.26. The molecule has 0 saturated heterocycles. The summed E-state index contributed by atoms with van der Waals surface area (Å²) in [7, 11) is 0. The molecule has 1 nitrogen and oxygen atoms in total. The second kappa shape index (κ2) is 2.19. The van der Waals surface area contributed by atoms with E-state index in [1.165, 1.54) is 42.5 Å². The average molecular weight is 177 g/mol. The molecular formula is C10H11NS. The lowest BCUT2D eigenvalue weighted by Crippen LogP contribution is -2.19. The minimum absolute atomic E-state index is 1.24. The van der Waals surface area contributed by atoms with Crippen molar-refractivity contribution in [2.75, 3.05) is 4.72 Å². The lowest BCUT2D eigenvalue weighted by atomic mass is 9.77. The molecular weight excluding hydrogens is 166 g/mol. The Bertz CT molecular complexity index is 327. The smallest absolute Gasteiger partial charge is 0.0508 e. The Morgan fingerprint density at radius 1 is 1.00 bits per heavy atom. The fourth-order valence-electron chi connectivity index (χ4n) is 2.21. The van der Waals surface area contributed by atoms with Crippen molar-refractivity contribution in [3.05, 3.63) is 28.3 Å². The number of aryl methyl sites for hydroxylation is 2. The Labute approximate surface area is 77.7 Å². The number of fused-ring (bicyclic) bond motifs is 2. The molecule has 2 heteroatoms. The van der Waals surface area contributed by atoms with Crippen LogP contribution in [0.1, 0.15) is 22.3 Å². The molecule has 0 saturated carbocycles. The summed E-state index contributed by atoms with van der Waals surface area (Å²) in [6.45, 7) is 0. The molecule has 0 atom stereocenters. The van der Waals surface area contributed by atoms with Crippen LogP contribution in [0.4, 0.5) is 5.69 Å². The average Bonchev–Trinajstić information content (AvgIpc) is 1.97. The molecule has 0 unspecified atom stereocenters. The molecule has 62 valence electrons. The predicted octanol–water partition coefficient (Wildman–Crippen LogP) is 2.14. The second-order valence-electron chi connectivity index (χ2n) is 3.64. The van der Waals surface area contributed by atoms with E-state index in [4.69, 9.17) is 0 Å². The van der Waals surface area contributed by atoms with Gasteiger partial charge in [-0.25, -0.2) is 0 Å². The zero-order valence-electron chi connectivity index (χ0n) is 6.85. The van der Waals surface area contributed by atoms with Crippen molar-refractivity contribution in [3.8, 4) is 0 Å². The second-order valence-corrected chi connectivity index (χ2v) is 3.86. The Kier molecular flexibility index (Phi) is 1.25. The third kappa shape index (κ3) is 0.667. The van der Waals surface area contributed by atoms with Crippen molar-refractivity contribution in [2.24, 2.45) is 0 Å². The number of nitrogens with one attached hydrogen (secondary N) is 1. The number of anilines is 1. The van der Waals surface area contributed by atoms with Crippen LogP contribution >= 0.6 is 12.8 Å². The van der Waals surface area contributed by atoms with E-state index < -0.39 is 0 Å². The summed E-state index contributed by atoms with van der Waals surface area (Å²) in [4.78, 5) is 0. The van der Waals surface area contributed by atoms with Gasteiger partial charge in [0.05, 0.1) is 5.69 Å². The summed E-state index contributed by atoms with van der Waals surface area (Å²) in [6.07, 6.45) is 5.02. The molecule has 0 amide bonds. The Hall–Kier alpha value is -0.630. The van der Waals surface area contributed by atoms with E-state index in [9.17, 15) is 0 Å². The first-order valence-corrected chi connectivity index (χ1v) is 4.91. The quantitative estimate of drug-likeness (QED) is 0.626. The van der Waals surface area contributed by atoms with Gasteiger partial charge in [-0.05, 0) is 47.9 Å². The molecule has 0 aromatic heterocycles. The van der Waals surface area contributed by atoms with Crippen LogP contribution in [-0.2, 0) is 25.7 Å². The lowest BCUT2D eigenvalue weighted by Gasteiger charge is -2.31. The molecule has 0 aliphatic heterocycles. The summed E-state index contributed by atoms with van der Waals surface area (Å²) in [5, 5.41) is 0. The molecule has 0 heterocycles. The van der Waals surface area contributed by atoms with E-state index in [2.05, 4.69) is 23.6 Å². The molecule has 2 aliphatic carbocycles. The molecule has 0 spiro atoms. The van der Waals surface area contributed by atoms with Crippen LogP contribution in [0.25, 0.3) is 0 Å². The van der Waals surface area contributed by atoms with E-state index in [1.807, 2.05) is 0 Å². The molecule has 3 rings (SSSR count). The number of benzene rings is 1. The van der Waals surface area contributed by atoms with Gasteiger partial charge in [-0.15, -0.1) is 0 Å². The first kappa shape index (κ1) is 6.84. The van der Waals surface area contributed by atoms with Gasteiger partial charge >= 0.3 is 0 Å². The van der Waals surface area contributed by atoms with Gasteiger partial charge < -0.3 is 4.72 Å². The first-order valence-electron chi connectivity index (χ1n) is 4.47. The summed E-state index contributed by atoms with van der Waals surface area (Å²) in [5.74, 6) is 0. The van der Waals surface area contributed by atoms with Crippen molar-refractivity contribution in [1.29, 1.82) is 0 Å². The SMILES string of the molecule is SNc1c2c(cc3c1CC3)CC2. The maximum absolute atomic E-state index is 4.16. The van der Waals surface area contributed by atoms with Crippen molar-refractivity contribution < 1.29 is 0 Å². The van der Waals surface area contributed by atoms with Gasteiger partial charge in [0, 0.05) is 0 Å². The molecule has 2 aliphatic rings. The van der Waals surface area contributed by atoms with Gasteiger partial charge in [0.2, 0.25) is 0 Å². The lowest BCUT2D eigenvalue weighted by molar-refractivity contribution is 0.782. The van der Waals surface area contributed by atoms with E-state index in [0.717, 1.165) is 0 Å². The Morgan fingerprint density at radius 3 is 1.92 bits per heavy atom. The third-order valence-electron chi connectivity index (χ3n) is 3.13. The highest BCUT2D eigenvalue weighted by atomic mass is 32.1. The zero-order valence-corrected chi connectivity index (χ0v) is 7.75. The highest BCUT2D eigenvalue weighted by Crippen LogP contribution is 2.40. The van der Waals surface area contributed by atoms with Gasteiger partial charge in [-0.2, -0.15) is 0 Å². The largest absolute Gasteiger partial charge is 0.332 e. The maximum Gasteiger partial charge on any atom is 0.0508 e. The van der Waals surface area contributed by atoms with Crippen LogP contribution in [0.15, 0.2) is 6.07 Å². The van der Waals surface area contributed by atoms with Crippen molar-refractivity contribution >= 4 is 18.5 Å². The Balaban J connectivity index is 2.27. The standard InChI is InChI=1S/C10H11NS/c12-11-10-8-3-1-6(8)5-7-2-4-9(7)10/h5,11-12H,1-4H2. The molecule has 1 aromatic rings. The monoisotopic (exact) mass is 177 g/mol. The van der Waals surface area contributed by atoms with Crippen molar-refractivity contribution in [2.45, 2.75) is 25.7 Å². The van der Waals surface area contributed by atoms with Gasteiger partial charge in [0.25, 0.3) is 0 Å². The predicted molar refractivity (Wildman–Crippen MR) is 53.9 cm³/mol. The van der Waals surface area contributed by atoms with Crippen LogP contribution < -0.4 is 4.72 Å². The molecule has 1 aromatic carbocycles. The topological polar surface area (TPSA) is 12.0 Å². The van der Waals surface area contributed by atoms with Crippen LogP contribution in [0.5, 0.6) is 0 Å². The maximum atomic E-state index is 4.16. The van der Waals surface area contributed by atoms with Crippen LogP contribution in [0, 0.1) is 0 Å². The minimum Gasteiger partial charge on any atom is -0.332 e. The Morgan fingerprint density at radius 2 is 1.58 bits per heavy atom. The van der Waals surface area contributed by atoms with E-state index in [-0.39, 0.29) is 0 Å². The third-order valence-corrected chi connectivity index (χ3v) is 3.35. The zero-order chi connectivity index (χ0) is 8.13. The van der Waals surface area contributed by atoms with Crippen molar-refractivity contribution in [1.82, 2.24) is 0 Å². The van der Waals surface area contributed by atoms with Crippen LogP contribution in [0.3, 0.4) is 0 Å². The number of hydrogen-bond acceptors (Lipinski definition) is 2.